The van der Waals surface area contributed by atoms with Crippen LogP contribution in [0.4, 0.5) is 0 Å². The van der Waals surface area contributed by atoms with Crippen LogP contribution in [0.2, 0.25) is 0 Å². The van der Waals surface area contributed by atoms with E-state index in [9.17, 15) is 5.11 Å². The van der Waals surface area contributed by atoms with Gasteiger partial charge in [-0.1, -0.05) is 42.5 Å². The van der Waals surface area contributed by atoms with Crippen LogP contribution in [-0.2, 0) is 6.54 Å². The molecule has 1 heterocycles. The predicted octanol–water partition coefficient (Wildman–Crippen LogP) is 5.07. The van der Waals surface area contributed by atoms with Crippen LogP contribution >= 0.6 is 0 Å². The molecule has 0 radical (unpaired) electrons. The first-order valence-electron chi connectivity index (χ1n) is 8.25. The summed E-state index contributed by atoms with van der Waals surface area (Å²) in [5.41, 5.74) is 4.69. The van der Waals surface area contributed by atoms with E-state index in [1.165, 1.54) is 22.0 Å². The third-order valence-corrected chi connectivity index (χ3v) is 4.48. The Morgan fingerprint density at radius 1 is 0.880 bits per heavy atom. The summed E-state index contributed by atoms with van der Waals surface area (Å²) in [5, 5.41) is 10.8. The van der Waals surface area contributed by atoms with Gasteiger partial charge in [0.15, 0.2) is 0 Å². The van der Waals surface area contributed by atoms with Gasteiger partial charge in [-0.05, 0) is 41.5 Å². The fraction of sp³-hybridized carbons (Fsp3) is 0.0909. The Morgan fingerprint density at radius 3 is 2.32 bits per heavy atom. The smallest absolute Gasteiger partial charge is 0.118 e. The van der Waals surface area contributed by atoms with E-state index in [0.29, 0.717) is 0 Å². The van der Waals surface area contributed by atoms with Crippen molar-refractivity contribution in [1.82, 2.24) is 4.57 Å². The van der Waals surface area contributed by atoms with Gasteiger partial charge in [-0.3, -0.25) is 0 Å². The van der Waals surface area contributed by atoms with Crippen LogP contribution in [0.25, 0.3) is 22.0 Å². The van der Waals surface area contributed by atoms with Gasteiger partial charge < -0.3 is 14.4 Å². The molecule has 0 fully saturated rings. The van der Waals surface area contributed by atoms with Crippen molar-refractivity contribution in [1.29, 1.82) is 0 Å². The number of aromatic nitrogens is 1. The Balaban J connectivity index is 1.77. The largest absolute Gasteiger partial charge is 0.508 e. The highest BCUT2D eigenvalue weighted by molar-refractivity contribution is 5.96. The maximum Gasteiger partial charge on any atom is 0.118 e. The molecular weight excluding hydrogens is 310 g/mol. The molecule has 0 saturated carbocycles. The van der Waals surface area contributed by atoms with Gasteiger partial charge in [0.05, 0.1) is 7.11 Å². The number of ether oxygens (including phenoxy) is 1. The number of methoxy groups -OCH3 is 1. The summed E-state index contributed by atoms with van der Waals surface area (Å²) < 4.78 is 7.50. The standard InChI is InChI=1S/C22H19NO2/c1-25-19-12-6-16(7-13-19)14-23-15-21(17-8-10-18(24)11-9-17)20-4-2-3-5-22(20)23/h2-13,15,24H,14H2,1H3. The summed E-state index contributed by atoms with van der Waals surface area (Å²) in [6, 6.07) is 23.9. The molecule has 3 nitrogen and oxygen atoms in total. The molecule has 0 aliphatic carbocycles. The maximum atomic E-state index is 9.54. The van der Waals surface area contributed by atoms with Gasteiger partial charge in [0.1, 0.15) is 11.5 Å². The summed E-state index contributed by atoms with van der Waals surface area (Å²) in [6.07, 6.45) is 2.18. The first-order valence-corrected chi connectivity index (χ1v) is 8.25. The summed E-state index contributed by atoms with van der Waals surface area (Å²) in [6.45, 7) is 0.794. The van der Waals surface area contributed by atoms with Crippen molar-refractivity contribution in [2.24, 2.45) is 0 Å². The molecule has 0 aliphatic heterocycles. The van der Waals surface area contributed by atoms with Crippen LogP contribution in [0.3, 0.4) is 0 Å². The summed E-state index contributed by atoms with van der Waals surface area (Å²) in [4.78, 5) is 0. The Morgan fingerprint density at radius 2 is 1.60 bits per heavy atom. The molecular formula is C22H19NO2. The molecule has 1 N–H and O–H groups in total. The molecule has 0 saturated heterocycles. The van der Waals surface area contributed by atoms with Crippen molar-refractivity contribution in [3.05, 3.63) is 84.6 Å². The lowest BCUT2D eigenvalue weighted by Crippen LogP contribution is -1.97. The van der Waals surface area contributed by atoms with Crippen molar-refractivity contribution in [2.75, 3.05) is 7.11 Å². The van der Waals surface area contributed by atoms with Crippen molar-refractivity contribution in [2.45, 2.75) is 6.54 Å². The lowest BCUT2D eigenvalue weighted by atomic mass is 10.1. The second kappa shape index (κ2) is 6.36. The average molecular weight is 329 g/mol. The maximum absolute atomic E-state index is 9.54. The van der Waals surface area contributed by atoms with Gasteiger partial charge in [-0.15, -0.1) is 0 Å². The second-order valence-electron chi connectivity index (χ2n) is 6.08. The van der Waals surface area contributed by atoms with Gasteiger partial charge in [-0.25, -0.2) is 0 Å². The molecule has 4 rings (SSSR count). The molecule has 0 aliphatic rings. The van der Waals surface area contributed by atoms with Crippen LogP contribution in [0.15, 0.2) is 79.0 Å². The van der Waals surface area contributed by atoms with Crippen LogP contribution in [0.5, 0.6) is 11.5 Å². The van der Waals surface area contributed by atoms with E-state index in [2.05, 4.69) is 47.2 Å². The quantitative estimate of drug-likeness (QED) is 0.567. The minimum atomic E-state index is 0.283. The van der Waals surface area contributed by atoms with Crippen LogP contribution in [0, 0.1) is 0 Å². The first-order chi connectivity index (χ1) is 12.2. The molecule has 0 unspecified atom stereocenters. The van der Waals surface area contributed by atoms with Gasteiger partial charge in [0.25, 0.3) is 0 Å². The Kier molecular flexibility index (Phi) is 3.90. The topological polar surface area (TPSA) is 34.4 Å². The lowest BCUT2D eigenvalue weighted by molar-refractivity contribution is 0.414. The number of aromatic hydroxyl groups is 1. The third-order valence-electron chi connectivity index (χ3n) is 4.48. The second-order valence-corrected chi connectivity index (χ2v) is 6.08. The highest BCUT2D eigenvalue weighted by Crippen LogP contribution is 2.32. The fourth-order valence-electron chi connectivity index (χ4n) is 3.18. The molecule has 124 valence electrons. The Labute approximate surface area is 146 Å². The Bertz CT molecular complexity index is 999. The number of rotatable bonds is 4. The number of hydrogen-bond donors (Lipinski definition) is 1. The minimum Gasteiger partial charge on any atom is -0.508 e. The van der Waals surface area contributed by atoms with Crippen molar-refractivity contribution >= 4 is 10.9 Å². The zero-order chi connectivity index (χ0) is 17.2. The minimum absolute atomic E-state index is 0.283. The number of hydrogen-bond acceptors (Lipinski definition) is 2. The molecule has 3 heteroatoms. The fourth-order valence-corrected chi connectivity index (χ4v) is 3.18. The highest BCUT2D eigenvalue weighted by Gasteiger charge is 2.10. The molecule has 0 atom stereocenters. The molecule has 3 aromatic carbocycles. The lowest BCUT2D eigenvalue weighted by Gasteiger charge is -2.06. The number of para-hydroxylation sites is 1. The summed E-state index contributed by atoms with van der Waals surface area (Å²) >= 11 is 0. The highest BCUT2D eigenvalue weighted by atomic mass is 16.5. The first kappa shape index (κ1) is 15.3. The molecule has 4 aromatic rings. The summed E-state index contributed by atoms with van der Waals surface area (Å²) in [5.74, 6) is 1.15. The third kappa shape index (κ3) is 2.96. The van der Waals surface area contributed by atoms with E-state index in [1.807, 2.05) is 24.3 Å². The predicted molar refractivity (Wildman–Crippen MR) is 101 cm³/mol. The van der Waals surface area contributed by atoms with Crippen LogP contribution < -0.4 is 4.74 Å². The number of phenolic OH excluding ortho intramolecular Hbond substituents is 1. The van der Waals surface area contributed by atoms with Crippen molar-refractivity contribution in [3.63, 3.8) is 0 Å². The van der Waals surface area contributed by atoms with Crippen molar-refractivity contribution in [3.8, 4) is 22.6 Å². The van der Waals surface area contributed by atoms with Gasteiger partial charge in [0.2, 0.25) is 0 Å². The zero-order valence-electron chi connectivity index (χ0n) is 14.0. The van der Waals surface area contributed by atoms with E-state index in [1.54, 1.807) is 19.2 Å². The van der Waals surface area contributed by atoms with Crippen molar-refractivity contribution < 1.29 is 9.84 Å². The van der Waals surface area contributed by atoms with Gasteiger partial charge in [0, 0.05) is 29.2 Å². The van der Waals surface area contributed by atoms with Gasteiger partial charge >= 0.3 is 0 Å². The summed E-state index contributed by atoms with van der Waals surface area (Å²) in [7, 11) is 1.68. The molecule has 25 heavy (non-hydrogen) atoms. The van der Waals surface area contributed by atoms with Crippen LogP contribution in [-0.4, -0.2) is 16.8 Å². The average Bonchev–Trinajstić information content (AvgIpc) is 3.02. The zero-order valence-corrected chi connectivity index (χ0v) is 14.0. The van der Waals surface area contributed by atoms with Crippen LogP contribution in [0.1, 0.15) is 5.56 Å². The number of phenols is 1. The SMILES string of the molecule is COc1ccc(Cn2cc(-c3ccc(O)cc3)c3ccccc32)cc1. The van der Waals surface area contributed by atoms with E-state index < -0.39 is 0 Å². The number of nitrogens with zero attached hydrogens (tertiary/aromatic N) is 1. The van der Waals surface area contributed by atoms with E-state index in [4.69, 9.17) is 4.74 Å². The molecule has 0 spiro atoms. The molecule has 0 amide bonds. The van der Waals surface area contributed by atoms with E-state index in [-0.39, 0.29) is 5.75 Å². The monoisotopic (exact) mass is 329 g/mol. The Hall–Kier alpha value is -3.20. The molecule has 0 bridgehead atoms. The van der Waals surface area contributed by atoms with Gasteiger partial charge in [-0.2, -0.15) is 0 Å². The normalized spacial score (nSPS) is 10.9. The number of benzene rings is 3. The molecule has 1 aromatic heterocycles. The van der Waals surface area contributed by atoms with E-state index in [0.717, 1.165) is 17.9 Å². The van der Waals surface area contributed by atoms with E-state index >= 15 is 0 Å². The number of fused-ring (bicyclic) bond motifs is 1.